The molecular weight excluding hydrogens is 162 g/mol. The van der Waals surface area contributed by atoms with E-state index >= 15 is 0 Å². The fourth-order valence-electron chi connectivity index (χ4n) is 1.54. The van der Waals surface area contributed by atoms with Crippen LogP contribution in [0.1, 0.15) is 26.2 Å². The highest BCUT2D eigenvalue weighted by Gasteiger charge is 2.20. The molecule has 1 aliphatic heterocycles. The number of hydrogen-bond acceptors (Lipinski definition) is 2. The smallest absolute Gasteiger partial charge is 0.0719 e. The Morgan fingerprint density at radius 2 is 2.46 bits per heavy atom. The van der Waals surface area contributed by atoms with E-state index in [0.717, 1.165) is 19.3 Å². The molecule has 1 heterocycles. The number of aliphatic hydroxyl groups excluding tert-OH is 1. The van der Waals surface area contributed by atoms with Gasteiger partial charge >= 0.3 is 0 Å². The van der Waals surface area contributed by atoms with E-state index in [1.54, 1.807) is 0 Å². The van der Waals surface area contributed by atoms with Crippen LogP contribution in [-0.2, 0) is 0 Å². The third-order valence-electron chi connectivity index (χ3n) is 2.70. The summed E-state index contributed by atoms with van der Waals surface area (Å²) in [6, 6.07) is 0.439. The Morgan fingerprint density at radius 3 is 2.92 bits per heavy atom. The predicted molar refractivity (Wildman–Crippen MR) is 55.4 cm³/mol. The fourth-order valence-corrected chi connectivity index (χ4v) is 1.54. The van der Waals surface area contributed by atoms with Crippen LogP contribution in [0.4, 0.5) is 0 Å². The van der Waals surface area contributed by atoms with Crippen molar-refractivity contribution in [2.45, 2.75) is 38.3 Å². The van der Waals surface area contributed by atoms with Gasteiger partial charge in [0.15, 0.2) is 0 Å². The van der Waals surface area contributed by atoms with E-state index in [1.165, 1.54) is 5.70 Å². The van der Waals surface area contributed by atoms with Crippen LogP contribution in [0.25, 0.3) is 0 Å². The predicted octanol–water partition coefficient (Wildman–Crippen LogP) is 1.92. The molecule has 0 radical (unpaired) electrons. The fraction of sp³-hybridized carbons (Fsp3) is 0.636. The van der Waals surface area contributed by atoms with Crippen molar-refractivity contribution < 1.29 is 5.11 Å². The normalized spacial score (nSPS) is 25.9. The summed E-state index contributed by atoms with van der Waals surface area (Å²) in [5.41, 5.74) is 1.20. The summed E-state index contributed by atoms with van der Waals surface area (Å²) in [5, 5.41) is 9.34. The average molecular weight is 181 g/mol. The van der Waals surface area contributed by atoms with Gasteiger partial charge in [0.05, 0.1) is 6.10 Å². The van der Waals surface area contributed by atoms with Gasteiger partial charge in [-0.1, -0.05) is 25.7 Å². The van der Waals surface area contributed by atoms with Crippen LogP contribution in [0.2, 0.25) is 0 Å². The lowest BCUT2D eigenvalue weighted by atomic mass is 10.1. The largest absolute Gasteiger partial charge is 0.389 e. The topological polar surface area (TPSA) is 23.5 Å². The zero-order valence-electron chi connectivity index (χ0n) is 8.53. The second kappa shape index (κ2) is 4.47. The summed E-state index contributed by atoms with van der Waals surface area (Å²) in [4.78, 5) is 2.18. The number of hydrogen-bond donors (Lipinski definition) is 1. The molecule has 1 aliphatic rings. The highest BCUT2D eigenvalue weighted by molar-refractivity contribution is 5.10. The van der Waals surface area contributed by atoms with Gasteiger partial charge in [-0.3, -0.25) is 0 Å². The average Bonchev–Trinajstić information content (AvgIpc) is 2.44. The Bertz CT molecular complexity index is 210. The first kappa shape index (κ1) is 10.3. The highest BCUT2D eigenvalue weighted by atomic mass is 16.3. The third kappa shape index (κ3) is 2.59. The van der Waals surface area contributed by atoms with Gasteiger partial charge in [-0.2, -0.15) is 0 Å². The molecule has 0 aliphatic carbocycles. The molecule has 0 saturated carbocycles. The van der Waals surface area contributed by atoms with Gasteiger partial charge in [-0.25, -0.2) is 0 Å². The molecule has 0 amide bonds. The maximum absolute atomic E-state index is 9.34. The first-order valence-electron chi connectivity index (χ1n) is 4.92. The second-order valence-electron chi connectivity index (χ2n) is 3.64. The summed E-state index contributed by atoms with van der Waals surface area (Å²) in [7, 11) is 2.06. The number of likely N-dealkylation sites (N-methyl/N-ethyl adjacent to an activating group) is 1. The lowest BCUT2D eigenvalue weighted by molar-refractivity contribution is 0.218. The number of aliphatic hydroxyl groups is 1. The van der Waals surface area contributed by atoms with Crippen LogP contribution in [-0.4, -0.2) is 29.2 Å². The van der Waals surface area contributed by atoms with Gasteiger partial charge < -0.3 is 10.0 Å². The Morgan fingerprint density at radius 1 is 1.77 bits per heavy atom. The standard InChI is InChI=1S/C11H19NO/c1-4-11(13)8-7-10-6-5-9(2)12(10)3/h7-8,10-11,13H,2,4-6H2,1,3H3/t10-,11+/m1/s1. The van der Waals surface area contributed by atoms with Crippen molar-refractivity contribution >= 4 is 0 Å². The lowest BCUT2D eigenvalue weighted by Crippen LogP contribution is -2.21. The van der Waals surface area contributed by atoms with Crippen LogP contribution in [0.15, 0.2) is 24.4 Å². The Hall–Kier alpha value is -0.760. The molecule has 0 aromatic carbocycles. The van der Waals surface area contributed by atoms with E-state index in [0.29, 0.717) is 6.04 Å². The van der Waals surface area contributed by atoms with E-state index < -0.39 is 0 Å². The summed E-state index contributed by atoms with van der Waals surface area (Å²) in [6.45, 7) is 5.94. The van der Waals surface area contributed by atoms with Gasteiger partial charge in [0.1, 0.15) is 0 Å². The molecule has 2 atom stereocenters. The molecule has 2 nitrogen and oxygen atoms in total. The molecule has 0 aromatic rings. The molecular formula is C11H19NO. The maximum atomic E-state index is 9.34. The molecule has 2 heteroatoms. The minimum absolute atomic E-state index is 0.290. The lowest BCUT2D eigenvalue weighted by Gasteiger charge is -2.19. The second-order valence-corrected chi connectivity index (χ2v) is 3.64. The van der Waals surface area contributed by atoms with Crippen molar-refractivity contribution in [1.29, 1.82) is 0 Å². The molecule has 13 heavy (non-hydrogen) atoms. The van der Waals surface area contributed by atoms with Crippen LogP contribution in [0.3, 0.4) is 0 Å². The van der Waals surface area contributed by atoms with E-state index in [-0.39, 0.29) is 6.10 Å². The summed E-state index contributed by atoms with van der Waals surface area (Å²) < 4.78 is 0. The molecule has 0 unspecified atom stereocenters. The Labute approximate surface area is 80.6 Å². The third-order valence-corrected chi connectivity index (χ3v) is 2.70. The van der Waals surface area contributed by atoms with E-state index in [1.807, 2.05) is 13.0 Å². The minimum Gasteiger partial charge on any atom is -0.389 e. The van der Waals surface area contributed by atoms with Crippen LogP contribution in [0.5, 0.6) is 0 Å². The number of nitrogens with zero attached hydrogens (tertiary/aromatic N) is 1. The molecule has 0 spiro atoms. The first-order chi connectivity index (χ1) is 6.15. The van der Waals surface area contributed by atoms with Crippen molar-refractivity contribution in [3.8, 4) is 0 Å². The molecule has 1 N–H and O–H groups in total. The summed E-state index contributed by atoms with van der Waals surface area (Å²) in [5.74, 6) is 0. The molecule has 1 rings (SSSR count). The first-order valence-corrected chi connectivity index (χ1v) is 4.92. The number of allylic oxidation sites excluding steroid dienone is 1. The Kier molecular flexibility index (Phi) is 3.55. The van der Waals surface area contributed by atoms with Crippen molar-refractivity contribution in [3.63, 3.8) is 0 Å². The van der Waals surface area contributed by atoms with Gasteiger partial charge in [0.25, 0.3) is 0 Å². The Balaban J connectivity index is 2.46. The molecule has 1 fully saturated rings. The van der Waals surface area contributed by atoms with Gasteiger partial charge in [0.2, 0.25) is 0 Å². The molecule has 0 bridgehead atoms. The van der Waals surface area contributed by atoms with Gasteiger partial charge in [0, 0.05) is 18.8 Å². The van der Waals surface area contributed by atoms with Crippen molar-refractivity contribution in [2.24, 2.45) is 0 Å². The SMILES string of the molecule is C=C1CC[C@H](C=C[C@@H](O)CC)N1C. The van der Waals surface area contributed by atoms with Crippen molar-refractivity contribution in [2.75, 3.05) is 7.05 Å². The highest BCUT2D eigenvalue weighted by Crippen LogP contribution is 2.24. The van der Waals surface area contributed by atoms with E-state index in [4.69, 9.17) is 0 Å². The zero-order valence-corrected chi connectivity index (χ0v) is 8.53. The van der Waals surface area contributed by atoms with Crippen molar-refractivity contribution in [1.82, 2.24) is 4.90 Å². The van der Waals surface area contributed by atoms with Crippen LogP contribution >= 0.6 is 0 Å². The quantitative estimate of drug-likeness (QED) is 0.672. The number of likely N-dealkylation sites (tertiary alicyclic amines) is 1. The van der Waals surface area contributed by atoms with Gasteiger partial charge in [-0.05, 0) is 19.3 Å². The van der Waals surface area contributed by atoms with Crippen LogP contribution < -0.4 is 0 Å². The molecule has 74 valence electrons. The molecule has 0 aromatic heterocycles. The number of rotatable bonds is 3. The van der Waals surface area contributed by atoms with E-state index in [9.17, 15) is 5.11 Å². The van der Waals surface area contributed by atoms with E-state index in [2.05, 4.69) is 24.6 Å². The maximum Gasteiger partial charge on any atom is 0.0719 e. The van der Waals surface area contributed by atoms with Crippen molar-refractivity contribution in [3.05, 3.63) is 24.4 Å². The monoisotopic (exact) mass is 181 g/mol. The zero-order chi connectivity index (χ0) is 9.84. The molecule has 1 saturated heterocycles. The summed E-state index contributed by atoms with van der Waals surface area (Å²) >= 11 is 0. The van der Waals surface area contributed by atoms with Crippen LogP contribution in [0, 0.1) is 0 Å². The van der Waals surface area contributed by atoms with Gasteiger partial charge in [-0.15, -0.1) is 0 Å². The summed E-state index contributed by atoms with van der Waals surface area (Å²) in [6.07, 6.45) is 6.68. The minimum atomic E-state index is -0.290.